The molecule has 0 aliphatic rings. The summed E-state index contributed by atoms with van der Waals surface area (Å²) in [5.74, 6) is 6.40. The third kappa shape index (κ3) is 2.78. The number of anilines is 3. The fourth-order valence-corrected chi connectivity index (χ4v) is 1.70. The van der Waals surface area contributed by atoms with E-state index in [-0.39, 0.29) is 0 Å². The van der Waals surface area contributed by atoms with Gasteiger partial charge >= 0.3 is 0 Å². The minimum atomic E-state index is 0.360. The van der Waals surface area contributed by atoms with Crippen molar-refractivity contribution < 1.29 is 0 Å². The number of hydrogen-bond acceptors (Lipinski definition) is 6. The van der Waals surface area contributed by atoms with Crippen molar-refractivity contribution in [2.75, 3.05) is 17.4 Å². The number of rotatable bonds is 3. The van der Waals surface area contributed by atoms with Crippen LogP contribution in [0.5, 0.6) is 0 Å². The lowest BCUT2D eigenvalue weighted by Gasteiger charge is -2.19. The minimum Gasteiger partial charge on any atom is -0.329 e. The quantitative estimate of drug-likeness (QED) is 0.640. The third-order valence-electron chi connectivity index (χ3n) is 2.68. The molecule has 0 unspecified atom stereocenters. The monoisotopic (exact) mass is 254 g/mol. The summed E-state index contributed by atoms with van der Waals surface area (Å²) in [5.41, 5.74) is 4.72. The number of nitrogens with one attached hydrogen (secondary N) is 1. The molecule has 0 aliphatic carbocycles. The summed E-state index contributed by atoms with van der Waals surface area (Å²) in [7, 11) is 1.87. The number of nitrogens with two attached hydrogens (primary N) is 1. The maximum absolute atomic E-state index is 8.92. The smallest absolute Gasteiger partial charge is 0.239 e. The normalized spacial score (nSPS) is 9.79. The number of hydrogen-bond donors (Lipinski definition) is 2. The minimum absolute atomic E-state index is 0.360. The first-order valence-corrected chi connectivity index (χ1v) is 5.70. The summed E-state index contributed by atoms with van der Waals surface area (Å²) in [6.45, 7) is 1.87. The first kappa shape index (κ1) is 12.8. The number of hydrazine groups is 1. The summed E-state index contributed by atoms with van der Waals surface area (Å²) < 4.78 is 0. The summed E-state index contributed by atoms with van der Waals surface area (Å²) >= 11 is 0. The molecule has 0 saturated heterocycles. The molecule has 3 N–H and O–H groups in total. The van der Waals surface area contributed by atoms with Gasteiger partial charge in [-0.3, -0.25) is 5.43 Å². The highest BCUT2D eigenvalue weighted by molar-refractivity contribution is 5.62. The molecule has 19 heavy (non-hydrogen) atoms. The van der Waals surface area contributed by atoms with E-state index in [4.69, 9.17) is 11.1 Å². The lowest BCUT2D eigenvalue weighted by atomic mass is 10.2. The molecular weight excluding hydrogens is 240 g/mol. The van der Waals surface area contributed by atoms with Crippen LogP contribution in [0.2, 0.25) is 0 Å². The second-order valence-electron chi connectivity index (χ2n) is 4.06. The van der Waals surface area contributed by atoms with Crippen LogP contribution >= 0.6 is 0 Å². The summed E-state index contributed by atoms with van der Waals surface area (Å²) in [5, 5.41) is 8.92. The zero-order chi connectivity index (χ0) is 13.8. The van der Waals surface area contributed by atoms with Gasteiger partial charge in [0.1, 0.15) is 5.82 Å². The summed E-state index contributed by atoms with van der Waals surface area (Å²) in [6.07, 6.45) is 0. The van der Waals surface area contributed by atoms with E-state index in [1.807, 2.05) is 37.1 Å². The van der Waals surface area contributed by atoms with Gasteiger partial charge < -0.3 is 4.90 Å². The molecule has 0 radical (unpaired) electrons. The number of nitrogen functional groups attached to an aromatic ring is 1. The molecule has 6 heteroatoms. The molecule has 0 amide bonds. The number of nitrogens with zero attached hydrogens (tertiary/aromatic N) is 4. The highest BCUT2D eigenvalue weighted by Crippen LogP contribution is 2.23. The van der Waals surface area contributed by atoms with Gasteiger partial charge in [-0.05, 0) is 25.1 Å². The van der Waals surface area contributed by atoms with E-state index < -0.39 is 0 Å². The van der Waals surface area contributed by atoms with Gasteiger partial charge in [-0.15, -0.1) is 0 Å². The second kappa shape index (κ2) is 5.33. The van der Waals surface area contributed by atoms with E-state index in [0.29, 0.717) is 17.3 Å². The molecule has 1 aromatic carbocycles. The summed E-state index contributed by atoms with van der Waals surface area (Å²) in [4.78, 5) is 10.3. The van der Waals surface area contributed by atoms with Crippen molar-refractivity contribution in [1.29, 1.82) is 5.26 Å². The van der Waals surface area contributed by atoms with E-state index in [2.05, 4.69) is 21.5 Å². The summed E-state index contributed by atoms with van der Waals surface area (Å²) in [6, 6.07) is 11.3. The zero-order valence-corrected chi connectivity index (χ0v) is 10.8. The van der Waals surface area contributed by atoms with Crippen LogP contribution in [0.15, 0.2) is 30.3 Å². The largest absolute Gasteiger partial charge is 0.329 e. The van der Waals surface area contributed by atoms with E-state index in [1.165, 1.54) is 0 Å². The Morgan fingerprint density at radius 3 is 2.79 bits per heavy atom. The average molecular weight is 254 g/mol. The first-order chi connectivity index (χ1) is 9.13. The van der Waals surface area contributed by atoms with Gasteiger partial charge in [-0.1, -0.05) is 6.07 Å². The third-order valence-corrected chi connectivity index (χ3v) is 2.68. The predicted molar refractivity (Wildman–Crippen MR) is 73.8 cm³/mol. The Balaban J connectivity index is 2.40. The molecule has 1 aromatic heterocycles. The molecule has 6 nitrogen and oxygen atoms in total. The van der Waals surface area contributed by atoms with Gasteiger partial charge in [-0.25, -0.2) is 10.8 Å². The standard InChI is InChI=1S/C13H14N6/c1-9-6-12(17-13(16-9)18-15)19(2)11-5-3-4-10(7-11)8-14/h3-7H,15H2,1-2H3,(H,16,17,18). The topological polar surface area (TPSA) is 90.9 Å². The number of nitriles is 1. The van der Waals surface area contributed by atoms with Crippen molar-refractivity contribution in [2.24, 2.45) is 5.84 Å². The Morgan fingerprint density at radius 2 is 2.11 bits per heavy atom. The highest BCUT2D eigenvalue weighted by atomic mass is 15.3. The number of aromatic nitrogens is 2. The molecule has 96 valence electrons. The molecule has 1 heterocycles. The molecule has 0 aliphatic heterocycles. The maximum atomic E-state index is 8.92. The van der Waals surface area contributed by atoms with Gasteiger partial charge in [0, 0.05) is 24.5 Å². The molecule has 2 rings (SSSR count). The lowest BCUT2D eigenvalue weighted by molar-refractivity contribution is 1.03. The van der Waals surface area contributed by atoms with Crippen LogP contribution in [0, 0.1) is 18.3 Å². The van der Waals surface area contributed by atoms with Crippen LogP contribution < -0.4 is 16.2 Å². The Labute approximate surface area is 111 Å². The molecule has 0 fully saturated rings. The Hall–Kier alpha value is -2.65. The molecule has 2 aromatic rings. The molecular formula is C13H14N6. The van der Waals surface area contributed by atoms with Crippen molar-refractivity contribution in [3.8, 4) is 6.07 Å². The van der Waals surface area contributed by atoms with Crippen LogP contribution in [0.1, 0.15) is 11.3 Å². The van der Waals surface area contributed by atoms with Crippen LogP contribution in [-0.2, 0) is 0 Å². The van der Waals surface area contributed by atoms with Gasteiger partial charge in [0.05, 0.1) is 11.6 Å². The predicted octanol–water partition coefficient (Wildman–Crippen LogP) is 1.71. The Bertz CT molecular complexity index is 631. The van der Waals surface area contributed by atoms with E-state index in [9.17, 15) is 0 Å². The fourth-order valence-electron chi connectivity index (χ4n) is 1.70. The lowest BCUT2D eigenvalue weighted by Crippen LogP contribution is -2.16. The Kier molecular flexibility index (Phi) is 3.59. The SMILES string of the molecule is Cc1cc(N(C)c2cccc(C#N)c2)nc(NN)n1. The maximum Gasteiger partial charge on any atom is 0.239 e. The first-order valence-electron chi connectivity index (χ1n) is 5.70. The molecule has 0 saturated carbocycles. The van der Waals surface area contributed by atoms with Crippen molar-refractivity contribution in [1.82, 2.24) is 9.97 Å². The average Bonchev–Trinajstić information content (AvgIpc) is 2.45. The van der Waals surface area contributed by atoms with Crippen molar-refractivity contribution in [3.63, 3.8) is 0 Å². The van der Waals surface area contributed by atoms with Gasteiger partial charge in [0.25, 0.3) is 0 Å². The molecule has 0 atom stereocenters. The van der Waals surface area contributed by atoms with Gasteiger partial charge in [-0.2, -0.15) is 10.2 Å². The van der Waals surface area contributed by atoms with Crippen molar-refractivity contribution in [3.05, 3.63) is 41.6 Å². The zero-order valence-electron chi connectivity index (χ0n) is 10.8. The molecule has 0 spiro atoms. The van der Waals surface area contributed by atoms with Crippen molar-refractivity contribution >= 4 is 17.5 Å². The number of aryl methyl sites for hydroxylation is 1. The fraction of sp³-hybridized carbons (Fsp3) is 0.154. The van der Waals surface area contributed by atoms with E-state index >= 15 is 0 Å². The highest BCUT2D eigenvalue weighted by Gasteiger charge is 2.08. The Morgan fingerprint density at radius 1 is 1.32 bits per heavy atom. The van der Waals surface area contributed by atoms with Gasteiger partial charge in [0.15, 0.2) is 0 Å². The second-order valence-corrected chi connectivity index (χ2v) is 4.06. The van der Waals surface area contributed by atoms with Crippen LogP contribution in [0.4, 0.5) is 17.5 Å². The van der Waals surface area contributed by atoms with Crippen LogP contribution in [0.25, 0.3) is 0 Å². The molecule has 0 bridgehead atoms. The van der Waals surface area contributed by atoms with E-state index in [1.54, 1.807) is 12.1 Å². The number of benzene rings is 1. The van der Waals surface area contributed by atoms with E-state index in [0.717, 1.165) is 11.4 Å². The van der Waals surface area contributed by atoms with Crippen molar-refractivity contribution in [2.45, 2.75) is 6.92 Å². The van der Waals surface area contributed by atoms with Crippen LogP contribution in [0.3, 0.4) is 0 Å². The van der Waals surface area contributed by atoms with Gasteiger partial charge in [0.2, 0.25) is 5.95 Å². The van der Waals surface area contributed by atoms with Crippen LogP contribution in [-0.4, -0.2) is 17.0 Å².